The van der Waals surface area contributed by atoms with Gasteiger partial charge >= 0.3 is 0 Å². The lowest BCUT2D eigenvalue weighted by atomic mass is 10.1. The smallest absolute Gasteiger partial charge is 0.151 e. The van der Waals surface area contributed by atoms with Crippen molar-refractivity contribution in [3.63, 3.8) is 0 Å². The fourth-order valence-corrected chi connectivity index (χ4v) is 1.35. The molecule has 0 spiro atoms. The molecule has 0 amide bonds. The first-order valence-corrected chi connectivity index (χ1v) is 4.72. The third kappa shape index (κ3) is 3.44. The van der Waals surface area contributed by atoms with Crippen LogP contribution in [0, 0.1) is 0 Å². The topological polar surface area (TPSA) is 33.2 Å². The monoisotopic (exact) mass is 212 g/mol. The number of likely N-dealkylation sites (N-methyl/N-ethyl adjacent to an activating group) is 1. The maximum atomic E-state index is 11.5. The summed E-state index contributed by atoms with van der Waals surface area (Å²) in [6.45, 7) is 0.443. The van der Waals surface area contributed by atoms with Gasteiger partial charge in [0.05, 0.1) is 11.6 Å². The maximum Gasteiger partial charge on any atom is 0.151 e. The van der Waals surface area contributed by atoms with E-state index in [0.717, 1.165) is 5.56 Å². The molecular formula is C10H13ClN2O. The Bertz CT molecular complexity index is 326. The summed E-state index contributed by atoms with van der Waals surface area (Å²) in [6.07, 6.45) is 3.57. The fourth-order valence-electron chi connectivity index (χ4n) is 1.17. The maximum absolute atomic E-state index is 11.5. The average molecular weight is 213 g/mol. The van der Waals surface area contributed by atoms with Crippen LogP contribution in [0.2, 0.25) is 5.02 Å². The minimum atomic E-state index is 0.156. The minimum absolute atomic E-state index is 0.156. The third-order valence-corrected chi connectivity index (χ3v) is 2.08. The summed E-state index contributed by atoms with van der Waals surface area (Å²) in [5.74, 6) is 0.156. The average Bonchev–Trinajstić information content (AvgIpc) is 2.07. The first-order chi connectivity index (χ1) is 6.59. The number of carbonyl (C=O) groups excluding carboxylic acids is 1. The zero-order valence-electron chi connectivity index (χ0n) is 8.33. The third-order valence-electron chi connectivity index (χ3n) is 1.74. The van der Waals surface area contributed by atoms with E-state index in [0.29, 0.717) is 18.0 Å². The highest BCUT2D eigenvalue weighted by Gasteiger charge is 2.07. The molecule has 0 aliphatic heterocycles. The largest absolute Gasteiger partial charge is 0.302 e. The molecular weight excluding hydrogens is 200 g/mol. The van der Waals surface area contributed by atoms with Gasteiger partial charge in [-0.05, 0) is 25.7 Å². The van der Waals surface area contributed by atoms with Crippen LogP contribution in [0.25, 0.3) is 0 Å². The van der Waals surface area contributed by atoms with Crippen molar-refractivity contribution in [2.45, 2.75) is 6.42 Å². The number of pyridine rings is 1. The summed E-state index contributed by atoms with van der Waals surface area (Å²) in [5.41, 5.74) is 0.841. The molecule has 4 heteroatoms. The van der Waals surface area contributed by atoms with Crippen molar-refractivity contribution in [1.29, 1.82) is 0 Å². The highest BCUT2D eigenvalue weighted by atomic mass is 35.5. The quantitative estimate of drug-likeness (QED) is 0.757. The molecule has 3 nitrogen and oxygen atoms in total. The molecule has 1 rings (SSSR count). The van der Waals surface area contributed by atoms with Gasteiger partial charge in [0.25, 0.3) is 0 Å². The Labute approximate surface area is 88.7 Å². The molecule has 1 aromatic heterocycles. The summed E-state index contributed by atoms with van der Waals surface area (Å²) in [6, 6.07) is 1.77. The summed E-state index contributed by atoms with van der Waals surface area (Å²) in [4.78, 5) is 17.2. The Kier molecular flexibility index (Phi) is 4.04. The summed E-state index contributed by atoms with van der Waals surface area (Å²) >= 11 is 5.88. The van der Waals surface area contributed by atoms with Gasteiger partial charge in [-0.1, -0.05) is 11.6 Å². The van der Waals surface area contributed by atoms with Crippen LogP contribution in [-0.2, 0) is 11.2 Å². The van der Waals surface area contributed by atoms with E-state index in [1.165, 1.54) is 0 Å². The van der Waals surface area contributed by atoms with Crippen molar-refractivity contribution in [2.75, 3.05) is 20.6 Å². The molecule has 1 heterocycles. The molecule has 1 aromatic rings. The van der Waals surface area contributed by atoms with E-state index in [9.17, 15) is 4.79 Å². The van der Waals surface area contributed by atoms with E-state index in [-0.39, 0.29) is 5.78 Å². The lowest BCUT2D eigenvalue weighted by Gasteiger charge is -2.08. The van der Waals surface area contributed by atoms with Gasteiger partial charge in [-0.3, -0.25) is 9.78 Å². The molecule has 0 saturated carbocycles. The van der Waals surface area contributed by atoms with Gasteiger partial charge in [0, 0.05) is 18.8 Å². The first-order valence-electron chi connectivity index (χ1n) is 4.34. The van der Waals surface area contributed by atoms with Gasteiger partial charge in [0.2, 0.25) is 0 Å². The van der Waals surface area contributed by atoms with Gasteiger partial charge in [0.1, 0.15) is 0 Å². The van der Waals surface area contributed by atoms with Crippen LogP contribution in [0.4, 0.5) is 0 Å². The molecule has 14 heavy (non-hydrogen) atoms. The molecule has 0 bridgehead atoms. The number of hydrogen-bond donors (Lipinski definition) is 0. The van der Waals surface area contributed by atoms with E-state index in [1.807, 2.05) is 19.0 Å². The number of ketones is 1. The lowest BCUT2D eigenvalue weighted by Crippen LogP contribution is -2.23. The lowest BCUT2D eigenvalue weighted by molar-refractivity contribution is -0.119. The van der Waals surface area contributed by atoms with Crippen LogP contribution in [0.3, 0.4) is 0 Å². The van der Waals surface area contributed by atoms with Gasteiger partial charge < -0.3 is 4.90 Å². The molecule has 0 atom stereocenters. The fraction of sp³-hybridized carbons (Fsp3) is 0.400. The van der Waals surface area contributed by atoms with E-state index >= 15 is 0 Å². The molecule has 0 saturated heterocycles. The molecule has 0 aliphatic carbocycles. The first kappa shape index (κ1) is 11.1. The van der Waals surface area contributed by atoms with Crippen molar-refractivity contribution in [1.82, 2.24) is 9.88 Å². The molecule has 0 aliphatic rings. The normalized spacial score (nSPS) is 10.6. The number of carbonyl (C=O) groups is 1. The highest BCUT2D eigenvalue weighted by Crippen LogP contribution is 2.13. The second kappa shape index (κ2) is 5.08. The predicted molar refractivity (Wildman–Crippen MR) is 56.5 cm³/mol. The Morgan fingerprint density at radius 2 is 2.29 bits per heavy atom. The zero-order valence-corrected chi connectivity index (χ0v) is 9.08. The highest BCUT2D eigenvalue weighted by molar-refractivity contribution is 6.31. The molecule has 76 valence electrons. The van der Waals surface area contributed by atoms with Crippen LogP contribution >= 0.6 is 11.6 Å². The van der Waals surface area contributed by atoms with E-state index in [1.54, 1.807) is 18.5 Å². The molecule has 0 unspecified atom stereocenters. The van der Waals surface area contributed by atoms with Gasteiger partial charge in [-0.25, -0.2) is 0 Å². The van der Waals surface area contributed by atoms with E-state index < -0.39 is 0 Å². The van der Waals surface area contributed by atoms with Gasteiger partial charge in [-0.2, -0.15) is 0 Å². The van der Waals surface area contributed by atoms with Crippen LogP contribution in [0.1, 0.15) is 5.56 Å². The number of Topliss-reactive ketones (excluding diaryl/α,β-unsaturated/α-hetero) is 1. The van der Waals surface area contributed by atoms with Crippen molar-refractivity contribution in [3.05, 3.63) is 29.0 Å². The second-order valence-electron chi connectivity index (χ2n) is 3.42. The summed E-state index contributed by atoms with van der Waals surface area (Å²) < 4.78 is 0. The van der Waals surface area contributed by atoms with Crippen molar-refractivity contribution >= 4 is 17.4 Å². The Morgan fingerprint density at radius 3 is 2.86 bits per heavy atom. The van der Waals surface area contributed by atoms with Crippen molar-refractivity contribution in [2.24, 2.45) is 0 Å². The predicted octanol–water partition coefficient (Wildman–Crippen LogP) is 1.41. The van der Waals surface area contributed by atoms with Crippen LogP contribution in [0.15, 0.2) is 18.5 Å². The van der Waals surface area contributed by atoms with Crippen LogP contribution in [-0.4, -0.2) is 36.3 Å². The van der Waals surface area contributed by atoms with Gasteiger partial charge in [0.15, 0.2) is 5.78 Å². The van der Waals surface area contributed by atoms with E-state index in [4.69, 9.17) is 11.6 Å². The van der Waals surface area contributed by atoms with Crippen LogP contribution < -0.4 is 0 Å². The van der Waals surface area contributed by atoms with Gasteiger partial charge in [-0.15, -0.1) is 0 Å². The number of rotatable bonds is 4. The van der Waals surface area contributed by atoms with Crippen LogP contribution in [0.5, 0.6) is 0 Å². The Hall–Kier alpha value is -0.930. The SMILES string of the molecule is CN(C)CC(=O)Cc1ccncc1Cl. The second-order valence-corrected chi connectivity index (χ2v) is 3.83. The molecule has 0 fully saturated rings. The van der Waals surface area contributed by atoms with E-state index in [2.05, 4.69) is 4.98 Å². The standard InChI is InChI=1S/C10H13ClN2O/c1-13(2)7-9(14)5-8-3-4-12-6-10(8)11/h3-4,6H,5,7H2,1-2H3. The summed E-state index contributed by atoms with van der Waals surface area (Å²) in [5, 5.41) is 0.555. The molecule has 0 radical (unpaired) electrons. The minimum Gasteiger partial charge on any atom is -0.302 e. The van der Waals surface area contributed by atoms with Crippen molar-refractivity contribution in [3.8, 4) is 0 Å². The number of hydrogen-bond acceptors (Lipinski definition) is 3. The Morgan fingerprint density at radius 1 is 1.57 bits per heavy atom. The number of aromatic nitrogens is 1. The molecule has 0 N–H and O–H groups in total. The Balaban J connectivity index is 2.61. The molecule has 0 aromatic carbocycles. The number of nitrogens with zero attached hydrogens (tertiary/aromatic N) is 2. The summed E-state index contributed by atoms with van der Waals surface area (Å²) in [7, 11) is 3.73. The zero-order chi connectivity index (χ0) is 10.6. The van der Waals surface area contributed by atoms with Crippen molar-refractivity contribution < 1.29 is 4.79 Å². The number of halogens is 1.